The van der Waals surface area contributed by atoms with Crippen LogP contribution in [0.4, 0.5) is 8.78 Å². The van der Waals surface area contributed by atoms with E-state index >= 15 is 0 Å². The van der Waals surface area contributed by atoms with Crippen molar-refractivity contribution in [1.82, 2.24) is 5.32 Å². The summed E-state index contributed by atoms with van der Waals surface area (Å²) in [7, 11) is 0. The fourth-order valence-electron chi connectivity index (χ4n) is 2.17. The molecule has 2 rings (SSSR count). The first kappa shape index (κ1) is 13.0. The van der Waals surface area contributed by atoms with E-state index in [-0.39, 0.29) is 23.6 Å². The largest absolute Gasteiger partial charge is 0.349 e. The lowest BCUT2D eigenvalue weighted by Gasteiger charge is -2.26. The Morgan fingerprint density at radius 2 is 1.83 bits per heavy atom. The average Bonchev–Trinajstić information content (AvgIpc) is 2.35. The van der Waals surface area contributed by atoms with Gasteiger partial charge < -0.3 is 11.1 Å². The molecule has 0 aliphatic heterocycles. The van der Waals surface area contributed by atoms with Crippen molar-refractivity contribution in [3.63, 3.8) is 0 Å². The van der Waals surface area contributed by atoms with Gasteiger partial charge >= 0.3 is 0 Å². The van der Waals surface area contributed by atoms with Crippen LogP contribution in [0.5, 0.6) is 0 Å². The third-order valence-corrected chi connectivity index (χ3v) is 3.29. The minimum Gasteiger partial charge on any atom is -0.349 e. The molecule has 18 heavy (non-hydrogen) atoms. The molecule has 0 heterocycles. The molecule has 0 radical (unpaired) electrons. The molecule has 1 aliphatic carbocycles. The van der Waals surface area contributed by atoms with Crippen LogP contribution >= 0.6 is 0 Å². The highest BCUT2D eigenvalue weighted by atomic mass is 19.2. The van der Waals surface area contributed by atoms with Crippen LogP contribution in [0.25, 0.3) is 0 Å². The molecule has 1 saturated carbocycles. The Balaban J connectivity index is 1.97. The molecular formula is C13H16F2N2O. The zero-order valence-corrected chi connectivity index (χ0v) is 9.96. The highest BCUT2D eigenvalue weighted by molar-refractivity contribution is 5.94. The summed E-state index contributed by atoms with van der Waals surface area (Å²) in [6.45, 7) is 0. The van der Waals surface area contributed by atoms with E-state index in [0.29, 0.717) is 0 Å². The fraction of sp³-hybridized carbons (Fsp3) is 0.462. The van der Waals surface area contributed by atoms with Crippen LogP contribution in [0, 0.1) is 11.6 Å². The minimum atomic E-state index is -1.01. The lowest BCUT2D eigenvalue weighted by molar-refractivity contribution is 0.0925. The summed E-state index contributed by atoms with van der Waals surface area (Å²) in [5.74, 6) is -2.32. The number of nitrogens with two attached hydrogens (primary N) is 1. The Kier molecular flexibility index (Phi) is 3.91. The SMILES string of the molecule is NC1CCC(NC(=O)c2ccc(F)c(F)c2)CC1. The molecule has 0 bridgehead atoms. The molecule has 1 fully saturated rings. The van der Waals surface area contributed by atoms with E-state index in [1.165, 1.54) is 6.07 Å². The number of hydrogen-bond acceptors (Lipinski definition) is 2. The zero-order valence-electron chi connectivity index (χ0n) is 9.96. The van der Waals surface area contributed by atoms with Gasteiger partial charge in [-0.1, -0.05) is 0 Å². The molecule has 0 aromatic heterocycles. The summed E-state index contributed by atoms with van der Waals surface area (Å²) < 4.78 is 25.7. The number of benzene rings is 1. The second-order valence-corrected chi connectivity index (χ2v) is 4.71. The molecule has 0 saturated heterocycles. The van der Waals surface area contributed by atoms with Gasteiger partial charge in [0.25, 0.3) is 5.91 Å². The van der Waals surface area contributed by atoms with E-state index in [2.05, 4.69) is 5.32 Å². The Morgan fingerprint density at radius 3 is 2.44 bits per heavy atom. The monoisotopic (exact) mass is 254 g/mol. The standard InChI is InChI=1S/C13H16F2N2O/c14-11-6-1-8(7-12(11)15)13(18)17-10-4-2-9(16)3-5-10/h1,6-7,9-10H,2-5,16H2,(H,17,18). The molecule has 0 atom stereocenters. The predicted octanol–water partition coefficient (Wildman–Crippen LogP) is 1.96. The van der Waals surface area contributed by atoms with E-state index in [1.54, 1.807) is 0 Å². The van der Waals surface area contributed by atoms with Crippen molar-refractivity contribution in [2.75, 3.05) is 0 Å². The van der Waals surface area contributed by atoms with Gasteiger partial charge in [0, 0.05) is 17.6 Å². The summed E-state index contributed by atoms with van der Waals surface area (Å²) in [5, 5.41) is 2.82. The van der Waals surface area contributed by atoms with Gasteiger partial charge in [0.05, 0.1) is 0 Å². The second-order valence-electron chi connectivity index (χ2n) is 4.71. The molecule has 1 aliphatic rings. The van der Waals surface area contributed by atoms with Gasteiger partial charge in [0.15, 0.2) is 11.6 Å². The maximum atomic E-state index is 13.0. The van der Waals surface area contributed by atoms with Gasteiger partial charge in [-0.05, 0) is 43.9 Å². The number of carbonyl (C=O) groups excluding carboxylic acids is 1. The highest BCUT2D eigenvalue weighted by Crippen LogP contribution is 2.17. The highest BCUT2D eigenvalue weighted by Gasteiger charge is 2.20. The number of nitrogens with one attached hydrogen (secondary N) is 1. The molecule has 3 N–H and O–H groups in total. The third kappa shape index (κ3) is 3.04. The third-order valence-electron chi connectivity index (χ3n) is 3.29. The van der Waals surface area contributed by atoms with Crippen LogP contribution in [0.3, 0.4) is 0 Å². The maximum Gasteiger partial charge on any atom is 0.251 e. The molecule has 3 nitrogen and oxygen atoms in total. The van der Waals surface area contributed by atoms with Crippen molar-refractivity contribution < 1.29 is 13.6 Å². The summed E-state index contributed by atoms with van der Waals surface area (Å²) in [4.78, 5) is 11.8. The van der Waals surface area contributed by atoms with Crippen LogP contribution < -0.4 is 11.1 Å². The van der Waals surface area contributed by atoms with E-state index in [1.807, 2.05) is 0 Å². The van der Waals surface area contributed by atoms with Crippen molar-refractivity contribution in [3.8, 4) is 0 Å². The van der Waals surface area contributed by atoms with E-state index < -0.39 is 11.6 Å². The van der Waals surface area contributed by atoms with Gasteiger partial charge in [0.1, 0.15) is 0 Å². The van der Waals surface area contributed by atoms with Crippen molar-refractivity contribution >= 4 is 5.91 Å². The van der Waals surface area contributed by atoms with E-state index in [0.717, 1.165) is 37.8 Å². The van der Waals surface area contributed by atoms with Gasteiger partial charge in [-0.3, -0.25) is 4.79 Å². The zero-order chi connectivity index (χ0) is 13.1. The molecule has 98 valence electrons. The second kappa shape index (κ2) is 5.44. The molecule has 0 spiro atoms. The van der Waals surface area contributed by atoms with Gasteiger partial charge in [-0.2, -0.15) is 0 Å². The van der Waals surface area contributed by atoms with E-state index in [4.69, 9.17) is 5.73 Å². The molecule has 0 unspecified atom stereocenters. The van der Waals surface area contributed by atoms with Gasteiger partial charge in [0.2, 0.25) is 0 Å². The number of amides is 1. The number of hydrogen-bond donors (Lipinski definition) is 2. The number of halogens is 2. The lowest BCUT2D eigenvalue weighted by atomic mass is 9.91. The average molecular weight is 254 g/mol. The van der Waals surface area contributed by atoms with Crippen LogP contribution in [0.1, 0.15) is 36.0 Å². The van der Waals surface area contributed by atoms with Crippen molar-refractivity contribution in [3.05, 3.63) is 35.4 Å². The summed E-state index contributed by atoms with van der Waals surface area (Å²) in [5.41, 5.74) is 5.91. The Morgan fingerprint density at radius 1 is 1.17 bits per heavy atom. The molecule has 5 heteroatoms. The van der Waals surface area contributed by atoms with Crippen molar-refractivity contribution in [1.29, 1.82) is 0 Å². The van der Waals surface area contributed by atoms with Gasteiger partial charge in [-0.25, -0.2) is 8.78 Å². The van der Waals surface area contributed by atoms with Gasteiger partial charge in [-0.15, -0.1) is 0 Å². The lowest BCUT2D eigenvalue weighted by Crippen LogP contribution is -2.40. The first-order valence-corrected chi connectivity index (χ1v) is 6.08. The minimum absolute atomic E-state index is 0.0745. The van der Waals surface area contributed by atoms with E-state index in [9.17, 15) is 13.6 Å². The molecular weight excluding hydrogens is 238 g/mol. The summed E-state index contributed by atoms with van der Waals surface area (Å²) in [6.07, 6.45) is 3.42. The van der Waals surface area contributed by atoms with Crippen molar-refractivity contribution in [2.24, 2.45) is 5.73 Å². The normalized spacial score (nSPS) is 23.7. The van der Waals surface area contributed by atoms with Crippen molar-refractivity contribution in [2.45, 2.75) is 37.8 Å². The quantitative estimate of drug-likeness (QED) is 0.847. The summed E-state index contributed by atoms with van der Waals surface area (Å²) >= 11 is 0. The first-order valence-electron chi connectivity index (χ1n) is 6.08. The smallest absolute Gasteiger partial charge is 0.251 e. The van der Waals surface area contributed by atoms with Crippen LogP contribution in [0.2, 0.25) is 0 Å². The Labute approximate surface area is 104 Å². The Bertz CT molecular complexity index is 443. The Hall–Kier alpha value is -1.49. The van der Waals surface area contributed by atoms with Crippen LogP contribution in [0.15, 0.2) is 18.2 Å². The van der Waals surface area contributed by atoms with Crippen LogP contribution in [-0.2, 0) is 0 Å². The number of carbonyl (C=O) groups is 1. The topological polar surface area (TPSA) is 55.1 Å². The molecule has 1 aromatic carbocycles. The molecule has 1 amide bonds. The fourth-order valence-corrected chi connectivity index (χ4v) is 2.17. The first-order chi connectivity index (χ1) is 8.56. The maximum absolute atomic E-state index is 13.0. The number of rotatable bonds is 2. The molecule has 1 aromatic rings. The summed E-state index contributed by atoms with van der Waals surface area (Å²) in [6, 6.07) is 3.44. The van der Waals surface area contributed by atoms with Crippen LogP contribution in [-0.4, -0.2) is 18.0 Å². The predicted molar refractivity (Wildman–Crippen MR) is 64.1 cm³/mol.